The third-order valence-corrected chi connectivity index (χ3v) is 5.78. The van der Waals surface area contributed by atoms with Gasteiger partial charge in [-0.2, -0.15) is 11.8 Å². The van der Waals surface area contributed by atoms with E-state index in [1.807, 2.05) is 30.0 Å². The number of thiazole rings is 1. The number of nitrogens with one attached hydrogen (secondary N) is 1. The molecular formula is C15H16N4S2. The summed E-state index contributed by atoms with van der Waals surface area (Å²) in [5, 5.41) is 6.83. The first-order chi connectivity index (χ1) is 10.3. The minimum Gasteiger partial charge on any atom is -0.326 e. The van der Waals surface area contributed by atoms with E-state index in [4.69, 9.17) is 9.97 Å². The van der Waals surface area contributed by atoms with Gasteiger partial charge in [-0.15, -0.1) is 11.3 Å². The molecular weight excluding hydrogens is 300 g/mol. The van der Waals surface area contributed by atoms with E-state index in [0.29, 0.717) is 6.04 Å². The minimum absolute atomic E-state index is 0.386. The molecule has 1 aliphatic heterocycles. The fraction of sp³-hybridized carbons (Fsp3) is 0.333. The number of benzene rings is 1. The summed E-state index contributed by atoms with van der Waals surface area (Å²) in [5.74, 6) is 3.25. The first-order valence-electron chi connectivity index (χ1n) is 7.01. The molecule has 0 radical (unpaired) electrons. The summed E-state index contributed by atoms with van der Waals surface area (Å²) in [7, 11) is 2.05. The number of hydrogen-bond acceptors (Lipinski definition) is 5. The van der Waals surface area contributed by atoms with Crippen LogP contribution in [0, 0.1) is 0 Å². The molecule has 0 bridgehead atoms. The highest BCUT2D eigenvalue weighted by atomic mass is 32.2. The second-order valence-electron chi connectivity index (χ2n) is 5.14. The summed E-state index contributed by atoms with van der Waals surface area (Å²) in [6.07, 6.45) is 0. The highest BCUT2D eigenvalue weighted by Gasteiger charge is 2.20. The number of para-hydroxylation sites is 2. The zero-order valence-electron chi connectivity index (χ0n) is 11.7. The van der Waals surface area contributed by atoms with Crippen LogP contribution >= 0.6 is 23.1 Å². The number of rotatable bonds is 2. The van der Waals surface area contributed by atoms with E-state index in [1.165, 1.54) is 10.8 Å². The molecule has 108 valence electrons. The van der Waals surface area contributed by atoms with Gasteiger partial charge in [0.25, 0.3) is 0 Å². The summed E-state index contributed by atoms with van der Waals surface area (Å²) in [4.78, 5) is 9.54. The van der Waals surface area contributed by atoms with Crippen molar-refractivity contribution >= 4 is 34.1 Å². The molecule has 3 aromatic rings. The lowest BCUT2D eigenvalue weighted by molar-refractivity contribution is 0.592. The van der Waals surface area contributed by atoms with Crippen LogP contribution in [-0.4, -0.2) is 32.6 Å². The Morgan fingerprint density at radius 2 is 2.19 bits per heavy atom. The quantitative estimate of drug-likeness (QED) is 0.789. The fourth-order valence-corrected chi connectivity index (χ4v) is 4.57. The molecule has 1 fully saturated rings. The van der Waals surface area contributed by atoms with Gasteiger partial charge in [-0.1, -0.05) is 12.1 Å². The highest BCUT2D eigenvalue weighted by molar-refractivity contribution is 7.99. The zero-order valence-corrected chi connectivity index (χ0v) is 13.4. The van der Waals surface area contributed by atoms with Gasteiger partial charge in [0, 0.05) is 30.5 Å². The summed E-state index contributed by atoms with van der Waals surface area (Å²) in [5.41, 5.74) is 3.15. The third-order valence-electron chi connectivity index (χ3n) is 3.76. The van der Waals surface area contributed by atoms with Gasteiger partial charge in [-0.25, -0.2) is 9.97 Å². The second-order valence-corrected chi connectivity index (χ2v) is 7.18. The van der Waals surface area contributed by atoms with Crippen LogP contribution in [0.1, 0.15) is 11.0 Å². The molecule has 0 saturated carbocycles. The number of aryl methyl sites for hydroxylation is 1. The summed E-state index contributed by atoms with van der Waals surface area (Å²) >= 11 is 3.72. The van der Waals surface area contributed by atoms with Crippen molar-refractivity contribution in [2.45, 2.75) is 6.04 Å². The molecule has 21 heavy (non-hydrogen) atoms. The Kier molecular flexibility index (Phi) is 3.45. The molecule has 0 amide bonds. The van der Waals surface area contributed by atoms with Gasteiger partial charge in [0.05, 0.1) is 17.1 Å². The molecule has 4 nitrogen and oxygen atoms in total. The number of thioether (sulfide) groups is 1. The SMILES string of the molecule is Cn1c(-c2csc(C3CSCCN3)n2)nc2ccccc21. The highest BCUT2D eigenvalue weighted by Crippen LogP contribution is 2.29. The average molecular weight is 316 g/mol. The van der Waals surface area contributed by atoms with E-state index in [0.717, 1.165) is 34.8 Å². The van der Waals surface area contributed by atoms with Gasteiger partial charge in [0.15, 0.2) is 5.82 Å². The van der Waals surface area contributed by atoms with Crippen LogP contribution in [0.5, 0.6) is 0 Å². The standard InChI is InChI=1S/C15H16N4S2/c1-19-13-5-3-2-4-10(13)17-14(19)11-9-21-15(18-11)12-8-20-7-6-16-12/h2-5,9,12,16H,6-8H2,1H3. The van der Waals surface area contributed by atoms with E-state index >= 15 is 0 Å². The fourth-order valence-electron chi connectivity index (χ4n) is 2.65. The first-order valence-corrected chi connectivity index (χ1v) is 9.05. The van der Waals surface area contributed by atoms with Crippen molar-refractivity contribution in [3.05, 3.63) is 34.7 Å². The van der Waals surface area contributed by atoms with Gasteiger partial charge in [-0.3, -0.25) is 0 Å². The summed E-state index contributed by atoms with van der Waals surface area (Å²) in [6.45, 7) is 1.07. The van der Waals surface area contributed by atoms with Crippen LogP contribution in [0.4, 0.5) is 0 Å². The Morgan fingerprint density at radius 3 is 3.00 bits per heavy atom. The normalized spacial score (nSPS) is 19.2. The Balaban J connectivity index is 1.72. The molecule has 1 N–H and O–H groups in total. The monoisotopic (exact) mass is 316 g/mol. The van der Waals surface area contributed by atoms with E-state index in [2.05, 4.69) is 28.4 Å². The Morgan fingerprint density at radius 1 is 1.29 bits per heavy atom. The van der Waals surface area contributed by atoms with E-state index < -0.39 is 0 Å². The van der Waals surface area contributed by atoms with Gasteiger partial charge in [-0.05, 0) is 12.1 Å². The van der Waals surface area contributed by atoms with Crippen LogP contribution in [0.3, 0.4) is 0 Å². The molecule has 1 aliphatic rings. The maximum absolute atomic E-state index is 4.82. The lowest BCUT2D eigenvalue weighted by Gasteiger charge is -2.20. The lowest BCUT2D eigenvalue weighted by Crippen LogP contribution is -2.30. The van der Waals surface area contributed by atoms with Crippen LogP contribution < -0.4 is 5.32 Å². The smallest absolute Gasteiger partial charge is 0.160 e. The molecule has 0 spiro atoms. The number of nitrogens with zero attached hydrogens (tertiary/aromatic N) is 3. The predicted octanol–water partition coefficient (Wildman–Crippen LogP) is 3.07. The van der Waals surface area contributed by atoms with Crippen molar-refractivity contribution in [2.75, 3.05) is 18.1 Å². The minimum atomic E-state index is 0.386. The molecule has 0 aliphatic carbocycles. The maximum Gasteiger partial charge on any atom is 0.160 e. The molecule has 2 aromatic heterocycles. The molecule has 1 atom stereocenters. The van der Waals surface area contributed by atoms with Gasteiger partial charge in [0.1, 0.15) is 10.7 Å². The average Bonchev–Trinajstić information content (AvgIpc) is 3.14. The van der Waals surface area contributed by atoms with Gasteiger partial charge >= 0.3 is 0 Å². The Hall–Kier alpha value is -1.37. The van der Waals surface area contributed by atoms with Crippen LogP contribution in [0.15, 0.2) is 29.6 Å². The number of hydrogen-bond donors (Lipinski definition) is 1. The Labute approximate surface area is 131 Å². The van der Waals surface area contributed by atoms with E-state index in [1.54, 1.807) is 11.3 Å². The molecule has 1 unspecified atom stereocenters. The Bertz CT molecular complexity index is 771. The van der Waals surface area contributed by atoms with Gasteiger partial charge in [0.2, 0.25) is 0 Å². The van der Waals surface area contributed by atoms with Crippen molar-refractivity contribution in [2.24, 2.45) is 7.05 Å². The van der Waals surface area contributed by atoms with Gasteiger partial charge < -0.3 is 9.88 Å². The second kappa shape index (κ2) is 5.44. The number of imidazole rings is 1. The summed E-state index contributed by atoms with van der Waals surface area (Å²) < 4.78 is 2.12. The molecule has 1 saturated heterocycles. The van der Waals surface area contributed by atoms with Crippen LogP contribution in [0.2, 0.25) is 0 Å². The topological polar surface area (TPSA) is 42.7 Å². The van der Waals surface area contributed by atoms with E-state index in [9.17, 15) is 0 Å². The maximum atomic E-state index is 4.82. The van der Waals surface area contributed by atoms with Crippen LogP contribution in [-0.2, 0) is 7.05 Å². The first kappa shape index (κ1) is 13.3. The molecule has 3 heterocycles. The van der Waals surface area contributed by atoms with Crippen molar-refractivity contribution in [3.63, 3.8) is 0 Å². The summed E-state index contributed by atoms with van der Waals surface area (Å²) in [6, 6.07) is 8.60. The number of aromatic nitrogens is 3. The van der Waals surface area contributed by atoms with Crippen LogP contribution in [0.25, 0.3) is 22.6 Å². The lowest BCUT2D eigenvalue weighted by atomic mass is 10.3. The molecule has 4 rings (SSSR count). The molecule has 1 aromatic carbocycles. The van der Waals surface area contributed by atoms with Crippen molar-refractivity contribution in [3.8, 4) is 11.5 Å². The van der Waals surface area contributed by atoms with E-state index in [-0.39, 0.29) is 0 Å². The zero-order chi connectivity index (χ0) is 14.2. The van der Waals surface area contributed by atoms with Crippen molar-refractivity contribution in [1.82, 2.24) is 19.9 Å². The predicted molar refractivity (Wildman–Crippen MR) is 89.9 cm³/mol. The number of fused-ring (bicyclic) bond motifs is 1. The largest absolute Gasteiger partial charge is 0.326 e. The molecule has 6 heteroatoms. The van der Waals surface area contributed by atoms with Crippen molar-refractivity contribution < 1.29 is 0 Å². The van der Waals surface area contributed by atoms with Crippen molar-refractivity contribution in [1.29, 1.82) is 0 Å². The third kappa shape index (κ3) is 2.37.